The van der Waals surface area contributed by atoms with E-state index in [2.05, 4.69) is 15.2 Å². The van der Waals surface area contributed by atoms with Crippen molar-refractivity contribution in [3.63, 3.8) is 0 Å². The summed E-state index contributed by atoms with van der Waals surface area (Å²) >= 11 is 4.13. The predicted octanol–water partition coefficient (Wildman–Crippen LogP) is 3.73. The fourth-order valence-electron chi connectivity index (χ4n) is 1.64. The number of aliphatic hydroxyl groups excluding tert-OH is 1. The first-order valence-corrected chi connectivity index (χ1v) is 8.53. The average molecular weight is 332 g/mol. The molecule has 0 fully saturated rings. The van der Waals surface area contributed by atoms with E-state index in [1.165, 1.54) is 34.4 Å². The van der Waals surface area contributed by atoms with Gasteiger partial charge in [0.05, 0.1) is 16.0 Å². The highest BCUT2D eigenvalue weighted by molar-refractivity contribution is 8.01. The van der Waals surface area contributed by atoms with E-state index >= 15 is 0 Å². The number of aliphatic hydroxyl groups is 1. The van der Waals surface area contributed by atoms with Crippen LogP contribution in [-0.2, 0) is 0 Å². The van der Waals surface area contributed by atoms with Gasteiger partial charge in [0, 0.05) is 0 Å². The standard InChI is InChI=1S/C13H8N4OS3/c14-5-8(10(18)6-19-13-17-15-7-20-13)12-16-9-3-1-2-4-11(9)21-12/h1-4,7,18H,6H2/b10-8-. The zero-order valence-electron chi connectivity index (χ0n) is 10.6. The van der Waals surface area contributed by atoms with Crippen LogP contribution < -0.4 is 0 Å². The topological polar surface area (TPSA) is 82.7 Å². The first kappa shape index (κ1) is 14.0. The summed E-state index contributed by atoms with van der Waals surface area (Å²) in [4.78, 5) is 4.39. The van der Waals surface area contributed by atoms with Crippen LogP contribution in [0.3, 0.4) is 0 Å². The number of allylic oxidation sites excluding steroid dienone is 1. The van der Waals surface area contributed by atoms with E-state index < -0.39 is 0 Å². The molecule has 0 saturated carbocycles. The van der Waals surface area contributed by atoms with E-state index in [1.807, 2.05) is 30.3 Å². The van der Waals surface area contributed by atoms with Gasteiger partial charge in [0.25, 0.3) is 0 Å². The maximum atomic E-state index is 10.1. The van der Waals surface area contributed by atoms with Crippen molar-refractivity contribution in [1.82, 2.24) is 15.2 Å². The van der Waals surface area contributed by atoms with Gasteiger partial charge in [-0.15, -0.1) is 21.5 Å². The van der Waals surface area contributed by atoms with E-state index in [0.717, 1.165) is 14.6 Å². The summed E-state index contributed by atoms with van der Waals surface area (Å²) in [6.07, 6.45) is 0. The number of aromatic nitrogens is 3. The highest BCUT2D eigenvalue weighted by atomic mass is 32.2. The zero-order valence-corrected chi connectivity index (χ0v) is 13.0. The molecule has 5 nitrogen and oxygen atoms in total. The van der Waals surface area contributed by atoms with Gasteiger partial charge < -0.3 is 5.11 Å². The summed E-state index contributed by atoms with van der Waals surface area (Å²) < 4.78 is 1.74. The Morgan fingerprint density at radius 2 is 2.24 bits per heavy atom. The Kier molecular flexibility index (Phi) is 4.15. The van der Waals surface area contributed by atoms with Crippen molar-refractivity contribution in [3.8, 4) is 6.07 Å². The molecule has 104 valence electrons. The van der Waals surface area contributed by atoms with Crippen molar-refractivity contribution in [2.75, 3.05) is 5.75 Å². The first-order chi connectivity index (χ1) is 10.3. The van der Waals surface area contributed by atoms with Crippen LogP contribution >= 0.6 is 34.4 Å². The summed E-state index contributed by atoms with van der Waals surface area (Å²) in [5.74, 6) is 0.283. The van der Waals surface area contributed by atoms with Gasteiger partial charge in [0.1, 0.15) is 27.9 Å². The molecule has 1 N–H and O–H groups in total. The van der Waals surface area contributed by atoms with Crippen LogP contribution in [0.1, 0.15) is 5.01 Å². The quantitative estimate of drug-likeness (QED) is 0.445. The fourth-order valence-corrected chi connectivity index (χ4v) is 3.99. The number of nitrogens with zero attached hydrogens (tertiary/aromatic N) is 4. The van der Waals surface area contributed by atoms with Gasteiger partial charge in [-0.3, -0.25) is 0 Å². The number of rotatable bonds is 4. The smallest absolute Gasteiger partial charge is 0.174 e. The maximum Gasteiger partial charge on any atom is 0.174 e. The second-order valence-corrected chi connectivity index (χ2v) is 7.00. The average Bonchev–Trinajstić information content (AvgIpc) is 3.15. The summed E-state index contributed by atoms with van der Waals surface area (Å²) in [5, 5.41) is 27.6. The molecule has 0 atom stereocenters. The van der Waals surface area contributed by atoms with Crippen LogP contribution in [-0.4, -0.2) is 26.0 Å². The SMILES string of the molecule is N#C/C(=C(/O)CSc1nncs1)c1nc2ccccc2s1. The van der Waals surface area contributed by atoms with Gasteiger partial charge in [-0.2, -0.15) is 5.26 Å². The summed E-state index contributed by atoms with van der Waals surface area (Å²) in [5.41, 5.74) is 2.67. The lowest BCUT2D eigenvalue weighted by Gasteiger charge is -1.99. The van der Waals surface area contributed by atoms with E-state index in [1.54, 1.807) is 5.51 Å². The number of fused-ring (bicyclic) bond motifs is 1. The molecule has 0 spiro atoms. The number of benzene rings is 1. The van der Waals surface area contributed by atoms with Crippen molar-refractivity contribution >= 4 is 50.2 Å². The molecule has 0 unspecified atom stereocenters. The van der Waals surface area contributed by atoms with Crippen LogP contribution in [0.5, 0.6) is 0 Å². The van der Waals surface area contributed by atoms with E-state index in [0.29, 0.717) is 5.01 Å². The summed E-state index contributed by atoms with van der Waals surface area (Å²) in [6.45, 7) is 0. The molecular weight excluding hydrogens is 324 g/mol. The minimum atomic E-state index is 0.0109. The number of thiazole rings is 1. The molecule has 2 aromatic heterocycles. The van der Waals surface area contributed by atoms with Crippen molar-refractivity contribution in [2.24, 2.45) is 0 Å². The number of hydrogen-bond donors (Lipinski definition) is 1. The molecule has 2 heterocycles. The molecule has 21 heavy (non-hydrogen) atoms. The lowest BCUT2D eigenvalue weighted by Crippen LogP contribution is -1.92. The first-order valence-electron chi connectivity index (χ1n) is 5.85. The fraction of sp³-hybridized carbons (Fsp3) is 0.0769. The third-order valence-electron chi connectivity index (χ3n) is 2.58. The number of hydrogen-bond acceptors (Lipinski definition) is 8. The number of para-hydroxylation sites is 1. The Bertz CT molecular complexity index is 800. The minimum Gasteiger partial charge on any atom is -0.510 e. The molecule has 3 rings (SSSR count). The van der Waals surface area contributed by atoms with Crippen LogP contribution in [0, 0.1) is 11.3 Å². The van der Waals surface area contributed by atoms with Gasteiger partial charge in [-0.25, -0.2) is 4.98 Å². The van der Waals surface area contributed by atoms with Crippen LogP contribution in [0.15, 0.2) is 39.9 Å². The second-order valence-electron chi connectivity index (χ2n) is 3.91. The van der Waals surface area contributed by atoms with E-state index in [9.17, 15) is 10.4 Å². The Morgan fingerprint density at radius 1 is 1.38 bits per heavy atom. The van der Waals surface area contributed by atoms with E-state index in [-0.39, 0.29) is 17.1 Å². The van der Waals surface area contributed by atoms with Gasteiger partial charge in [-0.1, -0.05) is 35.2 Å². The lowest BCUT2D eigenvalue weighted by atomic mass is 10.2. The van der Waals surface area contributed by atoms with Gasteiger partial charge in [-0.05, 0) is 12.1 Å². The predicted molar refractivity (Wildman–Crippen MR) is 85.4 cm³/mol. The largest absolute Gasteiger partial charge is 0.510 e. The lowest BCUT2D eigenvalue weighted by molar-refractivity contribution is 0.421. The third kappa shape index (κ3) is 3.05. The van der Waals surface area contributed by atoms with Crippen molar-refractivity contribution in [2.45, 2.75) is 4.34 Å². The van der Waals surface area contributed by atoms with Crippen LogP contribution in [0.4, 0.5) is 0 Å². The Balaban J connectivity index is 1.89. The summed E-state index contributed by atoms with van der Waals surface area (Å²) in [6, 6.07) is 9.69. The summed E-state index contributed by atoms with van der Waals surface area (Å²) in [7, 11) is 0. The maximum absolute atomic E-state index is 10.1. The molecule has 8 heteroatoms. The Labute approximate surface area is 132 Å². The highest BCUT2D eigenvalue weighted by Gasteiger charge is 2.14. The van der Waals surface area contributed by atoms with Crippen LogP contribution in [0.2, 0.25) is 0 Å². The Morgan fingerprint density at radius 3 is 2.95 bits per heavy atom. The van der Waals surface area contributed by atoms with Crippen molar-refractivity contribution in [1.29, 1.82) is 5.26 Å². The van der Waals surface area contributed by atoms with Crippen LogP contribution in [0.25, 0.3) is 15.8 Å². The van der Waals surface area contributed by atoms with Gasteiger partial charge in [0.15, 0.2) is 4.34 Å². The molecule has 0 aliphatic rings. The molecule has 0 radical (unpaired) electrons. The second kappa shape index (κ2) is 6.22. The van der Waals surface area contributed by atoms with E-state index in [4.69, 9.17) is 0 Å². The van der Waals surface area contributed by atoms with Gasteiger partial charge in [0.2, 0.25) is 0 Å². The molecule has 3 aromatic rings. The molecule has 0 bridgehead atoms. The molecule has 1 aromatic carbocycles. The van der Waals surface area contributed by atoms with Crippen molar-refractivity contribution < 1.29 is 5.11 Å². The molecule has 0 aliphatic carbocycles. The van der Waals surface area contributed by atoms with Gasteiger partial charge >= 0.3 is 0 Å². The monoisotopic (exact) mass is 332 g/mol. The Hall–Kier alpha value is -1.95. The number of nitriles is 1. The zero-order chi connectivity index (χ0) is 14.7. The number of thioether (sulfide) groups is 1. The molecule has 0 aliphatic heterocycles. The minimum absolute atomic E-state index is 0.0109. The molecule has 0 saturated heterocycles. The van der Waals surface area contributed by atoms with Crippen molar-refractivity contribution in [3.05, 3.63) is 40.5 Å². The normalized spacial score (nSPS) is 12.1. The third-order valence-corrected chi connectivity index (χ3v) is 5.51. The molecule has 0 amide bonds. The highest BCUT2D eigenvalue weighted by Crippen LogP contribution is 2.30. The molecular formula is C13H8N4OS3.